The SMILES string of the molecule is CCC(=O)CCCC(=O)NCC(C)(C)CC(C)(C)CC. The summed E-state index contributed by atoms with van der Waals surface area (Å²) in [5.74, 6) is 0.305. The van der Waals surface area contributed by atoms with Gasteiger partial charge in [-0.1, -0.05) is 48.0 Å². The van der Waals surface area contributed by atoms with Gasteiger partial charge in [-0.05, 0) is 23.7 Å². The molecule has 0 aliphatic rings. The molecule has 0 atom stereocenters. The van der Waals surface area contributed by atoms with E-state index in [1.165, 1.54) is 0 Å². The summed E-state index contributed by atoms with van der Waals surface area (Å²) in [5, 5.41) is 3.01. The third-order valence-electron chi connectivity index (χ3n) is 3.93. The third kappa shape index (κ3) is 9.11. The van der Waals surface area contributed by atoms with E-state index < -0.39 is 0 Å². The van der Waals surface area contributed by atoms with E-state index in [4.69, 9.17) is 0 Å². The van der Waals surface area contributed by atoms with Crippen molar-refractivity contribution in [2.45, 2.75) is 80.1 Å². The topological polar surface area (TPSA) is 46.2 Å². The molecule has 0 unspecified atom stereocenters. The van der Waals surface area contributed by atoms with Gasteiger partial charge in [0.1, 0.15) is 5.78 Å². The maximum Gasteiger partial charge on any atom is 0.220 e. The van der Waals surface area contributed by atoms with Crippen LogP contribution in [-0.4, -0.2) is 18.2 Å². The van der Waals surface area contributed by atoms with E-state index in [0.29, 0.717) is 37.6 Å². The van der Waals surface area contributed by atoms with Crippen molar-refractivity contribution in [3.05, 3.63) is 0 Å². The fourth-order valence-electron chi connectivity index (χ4n) is 2.53. The third-order valence-corrected chi connectivity index (χ3v) is 3.93. The number of carbonyl (C=O) groups excluding carboxylic acids is 2. The Bertz CT molecular complexity index is 319. The summed E-state index contributed by atoms with van der Waals surface area (Å²) >= 11 is 0. The molecule has 0 heterocycles. The van der Waals surface area contributed by atoms with Crippen LogP contribution in [0.15, 0.2) is 0 Å². The molecule has 0 fully saturated rings. The van der Waals surface area contributed by atoms with Crippen LogP contribution in [0.5, 0.6) is 0 Å². The van der Waals surface area contributed by atoms with Crippen molar-refractivity contribution < 1.29 is 9.59 Å². The van der Waals surface area contributed by atoms with E-state index in [1.54, 1.807) is 0 Å². The highest BCUT2D eigenvalue weighted by Gasteiger charge is 2.27. The zero-order valence-electron chi connectivity index (χ0n) is 14.3. The van der Waals surface area contributed by atoms with E-state index in [1.807, 2.05) is 6.92 Å². The summed E-state index contributed by atoms with van der Waals surface area (Å²) in [6.07, 6.45) is 4.45. The zero-order chi connectivity index (χ0) is 15.8. The van der Waals surface area contributed by atoms with Crippen LogP contribution in [0.3, 0.4) is 0 Å². The van der Waals surface area contributed by atoms with E-state index >= 15 is 0 Å². The molecule has 0 saturated carbocycles. The number of rotatable bonds is 10. The smallest absolute Gasteiger partial charge is 0.220 e. The molecule has 0 spiro atoms. The Hall–Kier alpha value is -0.860. The molecule has 0 aliphatic heterocycles. The number of hydrogen-bond acceptors (Lipinski definition) is 2. The molecule has 0 radical (unpaired) electrons. The first kappa shape index (κ1) is 19.1. The summed E-state index contributed by atoms with van der Waals surface area (Å²) in [6.45, 7) is 13.7. The van der Waals surface area contributed by atoms with E-state index in [9.17, 15) is 9.59 Å². The summed E-state index contributed by atoms with van der Waals surface area (Å²) < 4.78 is 0. The molecule has 1 amide bonds. The molecule has 0 aromatic carbocycles. The minimum absolute atomic E-state index is 0.0660. The maximum atomic E-state index is 11.8. The first-order valence-electron chi connectivity index (χ1n) is 7.90. The van der Waals surface area contributed by atoms with Gasteiger partial charge in [0, 0.05) is 25.8 Å². The van der Waals surface area contributed by atoms with Crippen LogP contribution in [0.4, 0.5) is 0 Å². The Balaban J connectivity index is 4.01. The highest BCUT2D eigenvalue weighted by molar-refractivity contribution is 5.80. The second kappa shape index (κ2) is 8.43. The van der Waals surface area contributed by atoms with Crippen LogP contribution in [0.2, 0.25) is 0 Å². The number of ketones is 1. The number of carbonyl (C=O) groups is 2. The Morgan fingerprint density at radius 2 is 1.55 bits per heavy atom. The van der Waals surface area contributed by atoms with Gasteiger partial charge >= 0.3 is 0 Å². The molecule has 1 N–H and O–H groups in total. The molecule has 0 bridgehead atoms. The number of amides is 1. The summed E-state index contributed by atoms with van der Waals surface area (Å²) in [4.78, 5) is 22.9. The molecule has 0 aliphatic carbocycles. The Labute approximate surface area is 124 Å². The maximum absolute atomic E-state index is 11.8. The Kier molecular flexibility index (Phi) is 8.07. The van der Waals surface area contributed by atoms with Gasteiger partial charge in [-0.15, -0.1) is 0 Å². The van der Waals surface area contributed by atoms with Gasteiger partial charge in [-0.25, -0.2) is 0 Å². The lowest BCUT2D eigenvalue weighted by atomic mass is 9.73. The molecule has 0 aromatic rings. The van der Waals surface area contributed by atoms with Crippen LogP contribution < -0.4 is 5.32 Å². The van der Waals surface area contributed by atoms with Crippen LogP contribution in [-0.2, 0) is 9.59 Å². The first-order valence-corrected chi connectivity index (χ1v) is 7.90. The fourth-order valence-corrected chi connectivity index (χ4v) is 2.53. The lowest BCUT2D eigenvalue weighted by Crippen LogP contribution is -2.36. The molecule has 0 aromatic heterocycles. The average molecular weight is 283 g/mol. The highest BCUT2D eigenvalue weighted by atomic mass is 16.1. The minimum Gasteiger partial charge on any atom is -0.356 e. The molecule has 118 valence electrons. The molecule has 20 heavy (non-hydrogen) atoms. The summed E-state index contributed by atoms with van der Waals surface area (Å²) in [7, 11) is 0. The van der Waals surface area contributed by atoms with Gasteiger partial charge in [0.25, 0.3) is 0 Å². The van der Waals surface area contributed by atoms with Crippen LogP contribution in [0, 0.1) is 10.8 Å². The summed E-state index contributed by atoms with van der Waals surface area (Å²) in [6, 6.07) is 0. The lowest BCUT2D eigenvalue weighted by Gasteiger charge is -2.34. The molecular formula is C17H33NO2. The van der Waals surface area contributed by atoms with Crippen molar-refractivity contribution in [3.63, 3.8) is 0 Å². The first-order chi connectivity index (χ1) is 9.12. The Morgan fingerprint density at radius 3 is 2.05 bits per heavy atom. The molecular weight excluding hydrogens is 250 g/mol. The molecule has 0 saturated heterocycles. The lowest BCUT2D eigenvalue weighted by molar-refractivity contribution is -0.122. The van der Waals surface area contributed by atoms with Gasteiger partial charge in [-0.3, -0.25) is 9.59 Å². The predicted molar refractivity (Wildman–Crippen MR) is 84.6 cm³/mol. The minimum atomic E-state index is 0.0660. The number of nitrogens with one attached hydrogen (secondary N) is 1. The van der Waals surface area contributed by atoms with Crippen molar-refractivity contribution in [3.8, 4) is 0 Å². The fraction of sp³-hybridized carbons (Fsp3) is 0.882. The van der Waals surface area contributed by atoms with Gasteiger partial charge < -0.3 is 5.32 Å². The average Bonchev–Trinajstić information content (AvgIpc) is 2.35. The number of Topliss-reactive ketones (excluding diaryl/α,β-unsaturated/α-hetero) is 1. The summed E-state index contributed by atoms with van der Waals surface area (Å²) in [5.41, 5.74) is 0.413. The highest BCUT2D eigenvalue weighted by Crippen LogP contribution is 2.35. The van der Waals surface area contributed by atoms with E-state index in [-0.39, 0.29) is 17.1 Å². The second-order valence-electron chi connectivity index (χ2n) is 7.38. The molecule has 0 rings (SSSR count). The quantitative estimate of drug-likeness (QED) is 0.656. The van der Waals surface area contributed by atoms with Gasteiger partial charge in [0.15, 0.2) is 0 Å². The van der Waals surface area contributed by atoms with Crippen molar-refractivity contribution >= 4 is 11.7 Å². The van der Waals surface area contributed by atoms with Crippen molar-refractivity contribution in [2.75, 3.05) is 6.54 Å². The van der Waals surface area contributed by atoms with Crippen LogP contribution in [0.1, 0.15) is 80.1 Å². The second-order valence-corrected chi connectivity index (χ2v) is 7.38. The standard InChI is InChI=1S/C17H33NO2/c1-7-14(19)10-9-11-15(20)18-13-17(5,6)12-16(3,4)8-2/h7-13H2,1-6H3,(H,18,20). The largest absolute Gasteiger partial charge is 0.356 e. The number of hydrogen-bond donors (Lipinski definition) is 1. The van der Waals surface area contributed by atoms with Crippen molar-refractivity contribution in [1.29, 1.82) is 0 Å². The van der Waals surface area contributed by atoms with Gasteiger partial charge in [0.05, 0.1) is 0 Å². The van der Waals surface area contributed by atoms with E-state index in [2.05, 4.69) is 39.9 Å². The Morgan fingerprint density at radius 1 is 0.950 bits per heavy atom. The van der Waals surface area contributed by atoms with Gasteiger partial charge in [-0.2, -0.15) is 0 Å². The zero-order valence-corrected chi connectivity index (χ0v) is 14.3. The molecule has 3 heteroatoms. The van der Waals surface area contributed by atoms with Crippen molar-refractivity contribution in [1.82, 2.24) is 5.32 Å². The van der Waals surface area contributed by atoms with Gasteiger partial charge in [0.2, 0.25) is 5.91 Å². The monoisotopic (exact) mass is 283 g/mol. The van der Waals surface area contributed by atoms with Crippen LogP contribution >= 0.6 is 0 Å². The predicted octanol–water partition coefficient (Wildman–Crippen LogP) is 4.10. The van der Waals surface area contributed by atoms with E-state index in [0.717, 1.165) is 12.8 Å². The van der Waals surface area contributed by atoms with Crippen molar-refractivity contribution in [2.24, 2.45) is 10.8 Å². The molecule has 3 nitrogen and oxygen atoms in total. The normalized spacial score (nSPS) is 12.3. The van der Waals surface area contributed by atoms with Crippen LogP contribution in [0.25, 0.3) is 0 Å².